The van der Waals surface area contributed by atoms with E-state index in [0.717, 1.165) is 25.1 Å². The van der Waals surface area contributed by atoms with E-state index >= 15 is 0 Å². The Bertz CT molecular complexity index is 603. The molecular weight excluding hydrogens is 268 g/mol. The number of oxazole rings is 1. The third-order valence-corrected chi connectivity index (χ3v) is 3.99. The Labute approximate surface area is 123 Å². The lowest BCUT2D eigenvalue weighted by Gasteiger charge is -2.32. The molecule has 1 aliphatic rings. The Morgan fingerprint density at radius 1 is 1.52 bits per heavy atom. The molecule has 3 rings (SSSR count). The van der Waals surface area contributed by atoms with Gasteiger partial charge < -0.3 is 9.32 Å². The van der Waals surface area contributed by atoms with Gasteiger partial charge in [-0.2, -0.15) is 5.10 Å². The summed E-state index contributed by atoms with van der Waals surface area (Å²) in [7, 11) is 0. The summed E-state index contributed by atoms with van der Waals surface area (Å²) in [5, 5.41) is 7.01. The number of likely N-dealkylation sites (tertiary alicyclic amines) is 1. The van der Waals surface area contributed by atoms with E-state index in [1.165, 1.54) is 6.39 Å². The molecule has 0 unspecified atom stereocenters. The molecule has 1 aliphatic heterocycles. The topological polar surface area (TPSA) is 75.0 Å². The summed E-state index contributed by atoms with van der Waals surface area (Å²) in [5.41, 5.74) is 1.55. The second kappa shape index (κ2) is 5.71. The summed E-state index contributed by atoms with van der Waals surface area (Å²) in [6.45, 7) is 5.47. The van der Waals surface area contributed by atoms with Crippen LogP contribution in [0.4, 0.5) is 0 Å². The van der Waals surface area contributed by atoms with E-state index in [0.29, 0.717) is 23.9 Å². The van der Waals surface area contributed by atoms with Crippen molar-refractivity contribution in [1.82, 2.24) is 20.1 Å². The van der Waals surface area contributed by atoms with E-state index in [9.17, 15) is 4.79 Å². The molecule has 6 heteroatoms. The molecule has 0 spiro atoms. The molecule has 1 amide bonds. The van der Waals surface area contributed by atoms with Gasteiger partial charge >= 0.3 is 0 Å². The third kappa shape index (κ3) is 2.70. The Kier molecular flexibility index (Phi) is 3.77. The minimum Gasteiger partial charge on any atom is -0.447 e. The van der Waals surface area contributed by atoms with Gasteiger partial charge in [-0.1, -0.05) is 13.8 Å². The van der Waals surface area contributed by atoms with Crippen LogP contribution in [-0.2, 0) is 0 Å². The van der Waals surface area contributed by atoms with E-state index in [4.69, 9.17) is 4.42 Å². The van der Waals surface area contributed by atoms with Crippen LogP contribution in [-0.4, -0.2) is 39.1 Å². The van der Waals surface area contributed by atoms with E-state index in [1.54, 1.807) is 6.20 Å². The first-order chi connectivity index (χ1) is 10.2. The molecule has 1 N–H and O–H groups in total. The lowest BCUT2D eigenvalue weighted by atomic mass is 9.94. The van der Waals surface area contributed by atoms with E-state index in [1.807, 2.05) is 24.8 Å². The lowest BCUT2D eigenvalue weighted by molar-refractivity contribution is 0.0697. The summed E-state index contributed by atoms with van der Waals surface area (Å²) in [6, 6.07) is 1.98. The predicted octanol–water partition coefficient (Wildman–Crippen LogP) is 2.54. The number of H-pyrrole nitrogens is 1. The van der Waals surface area contributed by atoms with E-state index in [2.05, 4.69) is 15.2 Å². The Balaban J connectivity index is 1.77. The fraction of sp³-hybridized carbons (Fsp3) is 0.533. The molecule has 2 aromatic heterocycles. The van der Waals surface area contributed by atoms with Gasteiger partial charge in [0.25, 0.3) is 5.91 Å². The van der Waals surface area contributed by atoms with Crippen LogP contribution in [0.15, 0.2) is 23.1 Å². The van der Waals surface area contributed by atoms with Gasteiger partial charge in [-0.25, -0.2) is 4.98 Å². The largest absolute Gasteiger partial charge is 0.447 e. The van der Waals surface area contributed by atoms with Crippen molar-refractivity contribution in [2.24, 2.45) is 0 Å². The normalized spacial score (nSPS) is 19.2. The zero-order valence-corrected chi connectivity index (χ0v) is 12.4. The minimum absolute atomic E-state index is 0.0309. The number of nitrogens with zero attached hydrogens (tertiary/aromatic N) is 3. The first-order valence-corrected chi connectivity index (χ1v) is 7.38. The Hall–Kier alpha value is -2.11. The Morgan fingerprint density at radius 2 is 2.38 bits per heavy atom. The molecule has 1 atom stereocenters. The zero-order valence-electron chi connectivity index (χ0n) is 12.4. The molecule has 0 bridgehead atoms. The van der Waals surface area contributed by atoms with Crippen molar-refractivity contribution in [3.8, 4) is 0 Å². The van der Waals surface area contributed by atoms with Crippen LogP contribution in [0.2, 0.25) is 0 Å². The quantitative estimate of drug-likeness (QED) is 0.941. The average Bonchev–Trinajstić information content (AvgIpc) is 3.17. The maximum absolute atomic E-state index is 12.7. The number of rotatable bonds is 3. The molecule has 0 radical (unpaired) electrons. The average molecular weight is 288 g/mol. The summed E-state index contributed by atoms with van der Waals surface area (Å²) >= 11 is 0. The van der Waals surface area contributed by atoms with Crippen LogP contribution >= 0.6 is 0 Å². The molecule has 3 heterocycles. The fourth-order valence-corrected chi connectivity index (χ4v) is 2.88. The van der Waals surface area contributed by atoms with Crippen molar-refractivity contribution in [2.75, 3.05) is 13.1 Å². The van der Waals surface area contributed by atoms with Gasteiger partial charge in [-0.15, -0.1) is 0 Å². The third-order valence-electron chi connectivity index (χ3n) is 3.99. The van der Waals surface area contributed by atoms with Gasteiger partial charge in [0.05, 0.1) is 0 Å². The van der Waals surface area contributed by atoms with Crippen molar-refractivity contribution in [3.63, 3.8) is 0 Å². The highest BCUT2D eigenvalue weighted by Gasteiger charge is 2.29. The molecule has 0 aliphatic carbocycles. The molecule has 112 valence electrons. The highest BCUT2D eigenvalue weighted by atomic mass is 16.3. The van der Waals surface area contributed by atoms with Crippen molar-refractivity contribution < 1.29 is 9.21 Å². The number of piperidine rings is 1. The van der Waals surface area contributed by atoms with E-state index in [-0.39, 0.29) is 11.8 Å². The zero-order chi connectivity index (χ0) is 14.8. The minimum atomic E-state index is -0.0309. The number of hydrogen-bond acceptors (Lipinski definition) is 4. The van der Waals surface area contributed by atoms with Gasteiger partial charge in [-0.05, 0) is 18.9 Å². The highest BCUT2D eigenvalue weighted by Crippen LogP contribution is 2.27. The number of aromatic amines is 1. The van der Waals surface area contributed by atoms with Crippen LogP contribution in [0, 0.1) is 0 Å². The van der Waals surface area contributed by atoms with Crippen molar-refractivity contribution >= 4 is 5.91 Å². The SMILES string of the molecule is CC(C)c1ocnc1C(=O)N1CCC[C@H](c2ccn[nH]2)C1. The van der Waals surface area contributed by atoms with Crippen molar-refractivity contribution in [3.05, 3.63) is 35.8 Å². The van der Waals surface area contributed by atoms with Gasteiger partial charge in [0.15, 0.2) is 12.1 Å². The molecule has 1 saturated heterocycles. The molecule has 21 heavy (non-hydrogen) atoms. The molecular formula is C15H20N4O2. The molecule has 0 aromatic carbocycles. The Morgan fingerprint density at radius 3 is 3.10 bits per heavy atom. The summed E-state index contributed by atoms with van der Waals surface area (Å²) in [6.07, 6.45) is 5.18. The number of nitrogens with one attached hydrogen (secondary N) is 1. The van der Waals surface area contributed by atoms with Crippen molar-refractivity contribution in [2.45, 2.75) is 38.5 Å². The van der Waals surface area contributed by atoms with Gasteiger partial charge in [0, 0.05) is 36.8 Å². The molecule has 6 nitrogen and oxygen atoms in total. The van der Waals surface area contributed by atoms with Crippen molar-refractivity contribution in [1.29, 1.82) is 0 Å². The molecule has 0 saturated carbocycles. The lowest BCUT2D eigenvalue weighted by Crippen LogP contribution is -2.39. The maximum Gasteiger partial charge on any atom is 0.276 e. The number of aromatic nitrogens is 3. The first-order valence-electron chi connectivity index (χ1n) is 7.38. The maximum atomic E-state index is 12.7. The summed E-state index contributed by atoms with van der Waals surface area (Å²) in [4.78, 5) is 18.7. The standard InChI is InChI=1S/C15H20N4O2/c1-10(2)14-13(16-9-21-14)15(20)19-7-3-4-11(8-19)12-5-6-17-18-12/h5-6,9-11H,3-4,7-8H2,1-2H3,(H,17,18)/t11-/m0/s1. The summed E-state index contributed by atoms with van der Waals surface area (Å²) < 4.78 is 5.36. The molecule has 2 aromatic rings. The van der Waals surface area contributed by atoms with Gasteiger partial charge in [0.2, 0.25) is 0 Å². The second-order valence-electron chi connectivity index (χ2n) is 5.82. The van der Waals surface area contributed by atoms with Crippen LogP contribution in [0.1, 0.15) is 60.5 Å². The van der Waals surface area contributed by atoms with Gasteiger partial charge in [0.1, 0.15) is 5.76 Å². The number of carbonyl (C=O) groups is 1. The monoisotopic (exact) mass is 288 g/mol. The van der Waals surface area contributed by atoms with Crippen LogP contribution in [0.5, 0.6) is 0 Å². The number of amides is 1. The van der Waals surface area contributed by atoms with Crippen LogP contribution < -0.4 is 0 Å². The van der Waals surface area contributed by atoms with Gasteiger partial charge in [-0.3, -0.25) is 9.89 Å². The highest BCUT2D eigenvalue weighted by molar-refractivity contribution is 5.93. The van der Waals surface area contributed by atoms with Crippen LogP contribution in [0.25, 0.3) is 0 Å². The van der Waals surface area contributed by atoms with E-state index < -0.39 is 0 Å². The van der Waals surface area contributed by atoms with Crippen LogP contribution in [0.3, 0.4) is 0 Å². The predicted molar refractivity (Wildman–Crippen MR) is 77.1 cm³/mol. The smallest absolute Gasteiger partial charge is 0.276 e. The molecule has 1 fully saturated rings. The first kappa shape index (κ1) is 13.9. The number of carbonyl (C=O) groups excluding carboxylic acids is 1. The summed E-state index contributed by atoms with van der Waals surface area (Å²) in [5.74, 6) is 1.11. The fourth-order valence-electron chi connectivity index (χ4n) is 2.88. The second-order valence-corrected chi connectivity index (χ2v) is 5.82. The number of hydrogen-bond donors (Lipinski definition) is 1.